The van der Waals surface area contributed by atoms with Gasteiger partial charge in [-0.3, -0.25) is 0 Å². The summed E-state index contributed by atoms with van der Waals surface area (Å²) < 4.78 is 0. The molecule has 0 aliphatic heterocycles. The summed E-state index contributed by atoms with van der Waals surface area (Å²) >= 11 is 0. The maximum Gasteiger partial charge on any atom is 1.00 e. The zero-order chi connectivity index (χ0) is 17.9. The number of aliphatic carboxylic acids is 2. The maximum absolute atomic E-state index is 10.4. The fourth-order valence-corrected chi connectivity index (χ4v) is 2.01. The van der Waals surface area contributed by atoms with E-state index in [1.807, 2.05) is 0 Å². The fraction of sp³-hybridized carbons (Fsp3) is 0.889. The van der Waals surface area contributed by atoms with Crippen molar-refractivity contribution in [1.29, 1.82) is 0 Å². The second kappa shape index (κ2) is 27.1. The second-order valence-corrected chi connectivity index (χ2v) is 5.90. The van der Waals surface area contributed by atoms with Crippen molar-refractivity contribution < 1.29 is 78.9 Å². The first kappa shape index (κ1) is 33.5. The zero-order valence-corrected chi connectivity index (χ0v) is 21.2. The van der Waals surface area contributed by atoms with Gasteiger partial charge in [0.25, 0.3) is 0 Å². The van der Waals surface area contributed by atoms with Crippen LogP contribution in [0, 0.1) is 0 Å². The first-order chi connectivity index (χ1) is 11.0. The molecule has 0 heterocycles. The summed E-state index contributed by atoms with van der Waals surface area (Å²) in [4.78, 5) is 19.7. The molecule has 0 fully saturated rings. The maximum atomic E-state index is 10.4. The number of carboxylic acid groups (broad SMARTS) is 2. The van der Waals surface area contributed by atoms with Crippen LogP contribution in [0.5, 0.6) is 0 Å². The Labute approximate surface area is 198 Å². The molecule has 1 N–H and O–H groups in total. The molecule has 0 bridgehead atoms. The van der Waals surface area contributed by atoms with Gasteiger partial charge in [0.15, 0.2) is 0 Å². The number of carbonyl (C=O) groups excluding carboxylic acids is 2. The predicted octanol–water partition coefficient (Wildman–Crippen LogP) is -4.21. The molecule has 0 aromatic heterocycles. The summed E-state index contributed by atoms with van der Waals surface area (Å²) in [5, 5.41) is 22.6. The molecule has 0 saturated carbocycles. The third-order valence-corrected chi connectivity index (χ3v) is 3.62. The number of rotatable bonds is 14. The summed E-state index contributed by atoms with van der Waals surface area (Å²) in [6.45, 7) is 6.20. The van der Waals surface area contributed by atoms with Gasteiger partial charge < -0.3 is 25.1 Å². The average Bonchev–Trinajstić information content (AvgIpc) is 2.52. The first-order valence-corrected chi connectivity index (χ1v) is 9.09. The van der Waals surface area contributed by atoms with Gasteiger partial charge in [-0.1, -0.05) is 71.6 Å². The zero-order valence-electron chi connectivity index (χ0n) is 17.2. The van der Waals surface area contributed by atoms with Gasteiger partial charge in [0.2, 0.25) is 0 Å². The molecule has 0 aliphatic rings. The summed E-state index contributed by atoms with van der Waals surface area (Å²) in [5.74, 6) is -2.01. The average molecular weight is 375 g/mol. The Morgan fingerprint density at radius 1 is 0.800 bits per heavy atom. The molecular weight excluding hydrogens is 340 g/mol. The number of unbranched alkanes of at least 4 members (excludes halogenated alkanes) is 9. The van der Waals surface area contributed by atoms with Crippen LogP contribution in [0.1, 0.15) is 91.4 Å². The van der Waals surface area contributed by atoms with E-state index in [-0.39, 0.29) is 65.5 Å². The van der Waals surface area contributed by atoms with E-state index >= 15 is 0 Å². The van der Waals surface area contributed by atoms with Crippen LogP contribution in [-0.2, 0) is 9.59 Å². The van der Waals surface area contributed by atoms with Crippen LogP contribution >= 0.6 is 0 Å². The van der Waals surface area contributed by atoms with E-state index in [2.05, 4.69) is 12.2 Å². The standard InChI is InChI=1S/C15H31NO2.C3H6O2.2Na/c1-3-4-5-6-7-8-9-10-11-12-13-16-14(2)15(17)18;1-2-3(4)5;;/h14,16H,3-13H2,1-2H3,(H,17,18);2H2,1H3,(H,4,5);;/q;;2*+1/p-2. The van der Waals surface area contributed by atoms with Crippen LogP contribution in [0.25, 0.3) is 0 Å². The van der Waals surface area contributed by atoms with Crippen molar-refractivity contribution in [2.45, 2.75) is 97.4 Å². The van der Waals surface area contributed by atoms with Crippen LogP contribution < -0.4 is 74.6 Å². The van der Waals surface area contributed by atoms with Gasteiger partial charge >= 0.3 is 59.1 Å². The largest absolute Gasteiger partial charge is 1.00 e. The van der Waals surface area contributed by atoms with E-state index in [0.29, 0.717) is 0 Å². The van der Waals surface area contributed by atoms with Crippen LogP contribution in [0.2, 0.25) is 0 Å². The quantitative estimate of drug-likeness (QED) is 0.245. The van der Waals surface area contributed by atoms with Crippen molar-refractivity contribution in [1.82, 2.24) is 5.32 Å². The predicted molar refractivity (Wildman–Crippen MR) is 89.6 cm³/mol. The topological polar surface area (TPSA) is 92.3 Å². The van der Waals surface area contributed by atoms with Crippen LogP contribution in [-0.4, -0.2) is 24.5 Å². The summed E-state index contributed by atoms with van der Waals surface area (Å²) in [6.07, 6.45) is 13.2. The summed E-state index contributed by atoms with van der Waals surface area (Å²) in [6, 6.07) is -0.524. The number of nitrogens with one attached hydrogen (secondary N) is 1. The Kier molecular flexibility index (Phi) is 36.3. The van der Waals surface area contributed by atoms with E-state index in [9.17, 15) is 19.8 Å². The molecule has 0 aromatic carbocycles. The Bertz CT molecular complexity index is 292. The molecular formula is C18H35NNa2O4. The third-order valence-electron chi connectivity index (χ3n) is 3.62. The van der Waals surface area contributed by atoms with Gasteiger partial charge in [0.05, 0.1) is 5.97 Å². The first-order valence-electron chi connectivity index (χ1n) is 9.09. The molecule has 0 rings (SSSR count). The van der Waals surface area contributed by atoms with Crippen LogP contribution in [0.3, 0.4) is 0 Å². The molecule has 0 amide bonds. The molecule has 138 valence electrons. The van der Waals surface area contributed by atoms with Gasteiger partial charge in [0, 0.05) is 12.0 Å². The fourth-order valence-electron chi connectivity index (χ4n) is 2.01. The number of carboxylic acids is 2. The van der Waals surface area contributed by atoms with E-state index in [0.717, 1.165) is 13.0 Å². The molecule has 5 nitrogen and oxygen atoms in total. The molecule has 25 heavy (non-hydrogen) atoms. The molecule has 0 spiro atoms. The van der Waals surface area contributed by atoms with Crippen molar-refractivity contribution in [3.63, 3.8) is 0 Å². The second-order valence-electron chi connectivity index (χ2n) is 5.90. The summed E-state index contributed by atoms with van der Waals surface area (Å²) in [7, 11) is 0. The van der Waals surface area contributed by atoms with Crippen LogP contribution in [0.4, 0.5) is 0 Å². The van der Waals surface area contributed by atoms with E-state index < -0.39 is 18.0 Å². The van der Waals surface area contributed by atoms with E-state index in [4.69, 9.17) is 0 Å². The van der Waals surface area contributed by atoms with Crippen molar-refractivity contribution in [3.8, 4) is 0 Å². The molecule has 1 atom stereocenters. The molecule has 0 aromatic rings. The molecule has 0 saturated heterocycles. The Balaban J connectivity index is -0.000000276. The number of carbonyl (C=O) groups is 2. The monoisotopic (exact) mass is 375 g/mol. The Morgan fingerprint density at radius 3 is 1.48 bits per heavy atom. The molecule has 0 radical (unpaired) electrons. The van der Waals surface area contributed by atoms with Crippen molar-refractivity contribution in [2.75, 3.05) is 6.54 Å². The smallest absolute Gasteiger partial charge is 0.550 e. The normalized spacial score (nSPS) is 10.5. The minimum atomic E-state index is -1.01. The van der Waals surface area contributed by atoms with Gasteiger partial charge in [-0.15, -0.1) is 0 Å². The molecule has 0 aliphatic carbocycles. The number of hydrogen-bond donors (Lipinski definition) is 1. The SMILES string of the molecule is CCC(=O)[O-].CCCCCCCCCCCCNC(C)C(=O)[O-].[Na+].[Na+]. The van der Waals surface area contributed by atoms with Crippen molar-refractivity contribution in [2.24, 2.45) is 0 Å². The summed E-state index contributed by atoms with van der Waals surface area (Å²) in [5.41, 5.74) is 0. The number of hydrogen-bond acceptors (Lipinski definition) is 5. The molecule has 1 unspecified atom stereocenters. The van der Waals surface area contributed by atoms with Crippen LogP contribution in [0.15, 0.2) is 0 Å². The third kappa shape index (κ3) is 33.0. The Hall–Kier alpha value is 0.900. The molecule has 7 heteroatoms. The minimum absolute atomic E-state index is 0. The van der Waals surface area contributed by atoms with Gasteiger partial charge in [-0.2, -0.15) is 0 Å². The Morgan fingerprint density at radius 2 is 1.16 bits per heavy atom. The van der Waals surface area contributed by atoms with Gasteiger partial charge in [-0.05, 0) is 26.3 Å². The van der Waals surface area contributed by atoms with Gasteiger partial charge in [-0.25, -0.2) is 0 Å². The van der Waals surface area contributed by atoms with Crippen molar-refractivity contribution >= 4 is 11.9 Å². The van der Waals surface area contributed by atoms with E-state index in [1.54, 1.807) is 6.92 Å². The minimum Gasteiger partial charge on any atom is -0.550 e. The van der Waals surface area contributed by atoms with Gasteiger partial charge in [0.1, 0.15) is 0 Å². The van der Waals surface area contributed by atoms with E-state index in [1.165, 1.54) is 64.7 Å². The van der Waals surface area contributed by atoms with Crippen molar-refractivity contribution in [3.05, 3.63) is 0 Å².